The first-order valence-corrected chi connectivity index (χ1v) is 7.40. The highest BCUT2D eigenvalue weighted by Gasteiger charge is 2.12. The minimum Gasteiger partial charge on any atom is -0.465 e. The average Bonchev–Trinajstić information content (AvgIpc) is 3.03. The molecule has 1 aromatic heterocycles. The summed E-state index contributed by atoms with van der Waals surface area (Å²) in [6, 6.07) is 13.3. The molecule has 0 radical (unpaired) electrons. The van der Waals surface area contributed by atoms with Crippen molar-refractivity contribution in [2.24, 2.45) is 0 Å². The Bertz CT molecular complexity index is 601. The number of nitrogens with one attached hydrogen (secondary N) is 1. The zero-order chi connectivity index (χ0) is 15.8. The van der Waals surface area contributed by atoms with Crippen LogP contribution in [0.4, 0.5) is 0 Å². The molecule has 0 bridgehead atoms. The van der Waals surface area contributed by atoms with Crippen LogP contribution in [0.25, 0.3) is 11.6 Å². The molecule has 0 saturated heterocycles. The summed E-state index contributed by atoms with van der Waals surface area (Å²) in [6.45, 7) is 1.60. The first kappa shape index (κ1) is 16.0. The molecule has 1 aromatic carbocycles. The van der Waals surface area contributed by atoms with Gasteiger partial charge >= 0.3 is 0 Å². The third-order valence-corrected chi connectivity index (χ3v) is 3.23. The molecule has 0 fully saturated rings. The molecule has 2 aromatic rings. The van der Waals surface area contributed by atoms with Gasteiger partial charge in [-0.05, 0) is 50.8 Å². The maximum atomic E-state index is 12.5. The predicted octanol–water partition coefficient (Wildman–Crippen LogP) is 2.89. The maximum absolute atomic E-state index is 12.5. The lowest BCUT2D eigenvalue weighted by molar-refractivity contribution is -0.115. The largest absolute Gasteiger partial charge is 0.465 e. The highest BCUT2D eigenvalue weighted by atomic mass is 16.3. The molecule has 0 unspecified atom stereocenters. The van der Waals surface area contributed by atoms with Gasteiger partial charge in [-0.2, -0.15) is 0 Å². The number of benzene rings is 1. The summed E-state index contributed by atoms with van der Waals surface area (Å²) >= 11 is 0. The molecule has 0 atom stereocenters. The van der Waals surface area contributed by atoms with E-state index < -0.39 is 0 Å². The fourth-order valence-corrected chi connectivity index (χ4v) is 2.11. The van der Waals surface area contributed by atoms with E-state index >= 15 is 0 Å². The van der Waals surface area contributed by atoms with Gasteiger partial charge < -0.3 is 14.6 Å². The fraction of sp³-hybridized carbons (Fsp3) is 0.278. The Labute approximate surface area is 131 Å². The van der Waals surface area contributed by atoms with Gasteiger partial charge in [0.2, 0.25) is 0 Å². The molecule has 1 amide bonds. The molecule has 4 heteroatoms. The van der Waals surface area contributed by atoms with Crippen LogP contribution in [-0.4, -0.2) is 38.0 Å². The lowest BCUT2D eigenvalue weighted by Gasteiger charge is -2.11. The Hall–Kier alpha value is -2.33. The quantitative estimate of drug-likeness (QED) is 0.631. The minimum absolute atomic E-state index is 0.0821. The SMILES string of the molecule is CN(C)CCCNC(=O)/C(=C/c1ccco1)c1ccccc1. The van der Waals surface area contributed by atoms with Crippen molar-refractivity contribution in [2.45, 2.75) is 6.42 Å². The van der Waals surface area contributed by atoms with Crippen molar-refractivity contribution in [1.29, 1.82) is 0 Å². The molecule has 4 nitrogen and oxygen atoms in total. The number of furan rings is 1. The molecular weight excluding hydrogens is 276 g/mol. The second-order valence-electron chi connectivity index (χ2n) is 5.35. The molecule has 1 N–H and O–H groups in total. The molecule has 116 valence electrons. The number of rotatable bonds is 7. The van der Waals surface area contributed by atoms with Crippen LogP contribution in [0, 0.1) is 0 Å². The van der Waals surface area contributed by atoms with Gasteiger partial charge in [0.15, 0.2) is 0 Å². The van der Waals surface area contributed by atoms with Gasteiger partial charge in [-0.25, -0.2) is 0 Å². The number of amides is 1. The molecule has 0 aliphatic heterocycles. The van der Waals surface area contributed by atoms with Crippen LogP contribution in [0.15, 0.2) is 53.1 Å². The van der Waals surface area contributed by atoms with Crippen molar-refractivity contribution in [2.75, 3.05) is 27.2 Å². The number of nitrogens with zero attached hydrogens (tertiary/aromatic N) is 1. The topological polar surface area (TPSA) is 45.5 Å². The number of hydrogen-bond donors (Lipinski definition) is 1. The van der Waals surface area contributed by atoms with E-state index in [1.54, 1.807) is 12.3 Å². The Kier molecular flexibility index (Phi) is 5.98. The van der Waals surface area contributed by atoms with Crippen LogP contribution in [0.3, 0.4) is 0 Å². The summed E-state index contributed by atoms with van der Waals surface area (Å²) in [4.78, 5) is 14.6. The maximum Gasteiger partial charge on any atom is 0.252 e. The second kappa shape index (κ2) is 8.20. The van der Waals surface area contributed by atoms with E-state index in [4.69, 9.17) is 4.42 Å². The summed E-state index contributed by atoms with van der Waals surface area (Å²) in [5.74, 6) is 0.587. The monoisotopic (exact) mass is 298 g/mol. The number of carbonyl (C=O) groups is 1. The standard InChI is InChI=1S/C18H22N2O2/c1-20(2)12-7-11-19-18(21)17(14-16-10-6-13-22-16)15-8-4-3-5-9-15/h3-6,8-10,13-14H,7,11-12H2,1-2H3,(H,19,21)/b17-14+. The average molecular weight is 298 g/mol. The third kappa shape index (κ3) is 4.90. The Morgan fingerprint density at radius 1 is 1.18 bits per heavy atom. The van der Waals surface area contributed by atoms with E-state index in [-0.39, 0.29) is 5.91 Å². The second-order valence-corrected chi connectivity index (χ2v) is 5.35. The molecular formula is C18H22N2O2. The molecule has 0 saturated carbocycles. The number of carbonyl (C=O) groups excluding carboxylic acids is 1. The van der Waals surface area contributed by atoms with Crippen molar-refractivity contribution in [3.63, 3.8) is 0 Å². The van der Waals surface area contributed by atoms with Crippen molar-refractivity contribution in [1.82, 2.24) is 10.2 Å². The van der Waals surface area contributed by atoms with Crippen LogP contribution in [-0.2, 0) is 4.79 Å². The Morgan fingerprint density at radius 2 is 1.95 bits per heavy atom. The van der Waals surface area contributed by atoms with Crippen molar-refractivity contribution in [3.05, 3.63) is 60.1 Å². The molecule has 1 heterocycles. The smallest absolute Gasteiger partial charge is 0.252 e. The first-order valence-electron chi connectivity index (χ1n) is 7.40. The Balaban J connectivity index is 2.10. The van der Waals surface area contributed by atoms with E-state index in [9.17, 15) is 4.79 Å². The van der Waals surface area contributed by atoms with E-state index in [0.717, 1.165) is 18.5 Å². The van der Waals surface area contributed by atoms with Crippen molar-refractivity contribution < 1.29 is 9.21 Å². The van der Waals surface area contributed by atoms with Crippen LogP contribution >= 0.6 is 0 Å². The van der Waals surface area contributed by atoms with Gasteiger partial charge in [-0.3, -0.25) is 4.79 Å². The van der Waals surface area contributed by atoms with Crippen LogP contribution in [0.2, 0.25) is 0 Å². The fourth-order valence-electron chi connectivity index (χ4n) is 2.11. The van der Waals surface area contributed by atoms with E-state index in [2.05, 4.69) is 10.2 Å². The van der Waals surface area contributed by atoms with Gasteiger partial charge in [0.05, 0.1) is 11.8 Å². The summed E-state index contributed by atoms with van der Waals surface area (Å²) in [6.07, 6.45) is 4.29. The van der Waals surface area contributed by atoms with Crippen LogP contribution in [0.1, 0.15) is 17.7 Å². The van der Waals surface area contributed by atoms with E-state index in [1.807, 2.05) is 56.6 Å². The molecule has 0 aliphatic carbocycles. The normalized spacial score (nSPS) is 11.7. The Morgan fingerprint density at radius 3 is 2.59 bits per heavy atom. The van der Waals surface area contributed by atoms with E-state index in [1.165, 1.54) is 0 Å². The predicted molar refractivity (Wildman–Crippen MR) is 89.2 cm³/mol. The first-order chi connectivity index (χ1) is 10.7. The van der Waals surface area contributed by atoms with Gasteiger partial charge in [0.1, 0.15) is 5.76 Å². The zero-order valence-electron chi connectivity index (χ0n) is 13.1. The molecule has 22 heavy (non-hydrogen) atoms. The summed E-state index contributed by atoms with van der Waals surface area (Å²) in [5, 5.41) is 2.97. The van der Waals surface area contributed by atoms with Crippen molar-refractivity contribution >= 4 is 17.6 Å². The van der Waals surface area contributed by atoms with Gasteiger partial charge in [-0.1, -0.05) is 30.3 Å². The minimum atomic E-state index is -0.0821. The van der Waals surface area contributed by atoms with Gasteiger partial charge in [0.25, 0.3) is 5.91 Å². The summed E-state index contributed by atoms with van der Waals surface area (Å²) in [7, 11) is 4.04. The van der Waals surface area contributed by atoms with Crippen LogP contribution < -0.4 is 5.32 Å². The van der Waals surface area contributed by atoms with Crippen molar-refractivity contribution in [3.8, 4) is 0 Å². The highest BCUT2D eigenvalue weighted by Crippen LogP contribution is 2.18. The summed E-state index contributed by atoms with van der Waals surface area (Å²) < 4.78 is 5.33. The lowest BCUT2D eigenvalue weighted by atomic mass is 10.0. The highest BCUT2D eigenvalue weighted by molar-refractivity contribution is 6.24. The van der Waals surface area contributed by atoms with Gasteiger partial charge in [-0.15, -0.1) is 0 Å². The van der Waals surface area contributed by atoms with Gasteiger partial charge in [0, 0.05) is 6.54 Å². The van der Waals surface area contributed by atoms with E-state index in [0.29, 0.717) is 17.9 Å². The molecule has 0 spiro atoms. The summed E-state index contributed by atoms with van der Waals surface area (Å²) in [5.41, 5.74) is 1.49. The zero-order valence-corrected chi connectivity index (χ0v) is 13.1. The number of hydrogen-bond acceptors (Lipinski definition) is 3. The lowest BCUT2D eigenvalue weighted by Crippen LogP contribution is -2.27. The molecule has 2 rings (SSSR count). The van der Waals surface area contributed by atoms with Crippen LogP contribution in [0.5, 0.6) is 0 Å². The molecule has 0 aliphatic rings. The third-order valence-electron chi connectivity index (χ3n) is 3.23.